The molecule has 1 aliphatic heterocycles. The number of rotatable bonds is 4. The highest BCUT2D eigenvalue weighted by molar-refractivity contribution is 9.09. The number of amides is 1. The van der Waals surface area contributed by atoms with Crippen molar-refractivity contribution in [3.8, 4) is 0 Å². The Morgan fingerprint density at radius 1 is 1.54 bits per heavy atom. The topological polar surface area (TPSA) is 29.1 Å². The number of alkyl halides is 1. The van der Waals surface area contributed by atoms with Crippen molar-refractivity contribution < 1.29 is 4.79 Å². The summed E-state index contributed by atoms with van der Waals surface area (Å²) in [5.74, 6) is 0.267. The van der Waals surface area contributed by atoms with Crippen LogP contribution in [0.1, 0.15) is 39.5 Å². The molecule has 0 saturated carbocycles. The van der Waals surface area contributed by atoms with Crippen molar-refractivity contribution in [1.82, 2.24) is 5.32 Å². The summed E-state index contributed by atoms with van der Waals surface area (Å²) in [6.45, 7) is 4.22. The molecule has 1 rings (SSSR count). The maximum absolute atomic E-state index is 11.7. The van der Waals surface area contributed by atoms with Gasteiger partial charge in [0.05, 0.1) is 5.41 Å². The summed E-state index contributed by atoms with van der Waals surface area (Å²) in [4.78, 5) is 11.7. The second-order valence-corrected chi connectivity index (χ2v) is 4.63. The highest BCUT2D eigenvalue weighted by Crippen LogP contribution is 2.37. The fourth-order valence-corrected chi connectivity index (χ4v) is 2.67. The third-order valence-electron chi connectivity index (χ3n) is 3.27. The van der Waals surface area contributed by atoms with E-state index in [0.717, 1.165) is 31.0 Å². The van der Waals surface area contributed by atoms with Crippen LogP contribution in [-0.2, 0) is 4.79 Å². The second kappa shape index (κ2) is 4.45. The van der Waals surface area contributed by atoms with Crippen LogP contribution >= 0.6 is 15.9 Å². The molecule has 0 aromatic heterocycles. The van der Waals surface area contributed by atoms with Gasteiger partial charge in [0.2, 0.25) is 5.91 Å². The van der Waals surface area contributed by atoms with Gasteiger partial charge in [-0.05, 0) is 25.7 Å². The van der Waals surface area contributed by atoms with Crippen molar-refractivity contribution in [3.63, 3.8) is 0 Å². The average Bonchev–Trinajstić information content (AvgIpc) is 2.44. The molecule has 0 bridgehead atoms. The Balaban J connectivity index is 2.63. The summed E-state index contributed by atoms with van der Waals surface area (Å²) >= 11 is 3.41. The van der Waals surface area contributed by atoms with Crippen LogP contribution in [-0.4, -0.2) is 17.3 Å². The quantitative estimate of drug-likeness (QED) is 0.761. The number of carbonyl (C=O) groups is 1. The van der Waals surface area contributed by atoms with E-state index in [1.54, 1.807) is 0 Å². The van der Waals surface area contributed by atoms with Gasteiger partial charge in [0.15, 0.2) is 0 Å². The molecule has 76 valence electrons. The minimum atomic E-state index is -0.0627. The van der Waals surface area contributed by atoms with E-state index >= 15 is 0 Å². The number of hydrogen-bond acceptors (Lipinski definition) is 1. The highest BCUT2D eigenvalue weighted by Gasteiger charge is 2.43. The Morgan fingerprint density at radius 2 is 2.15 bits per heavy atom. The minimum absolute atomic E-state index is 0.0627. The van der Waals surface area contributed by atoms with E-state index in [1.807, 2.05) is 0 Å². The molecular formula is C10H18BrNO. The van der Waals surface area contributed by atoms with Gasteiger partial charge in [-0.2, -0.15) is 0 Å². The molecule has 0 radical (unpaired) electrons. The summed E-state index contributed by atoms with van der Waals surface area (Å²) in [6.07, 6.45) is 4.00. The molecule has 1 N–H and O–H groups in total. The molecule has 0 aromatic rings. The fraction of sp³-hybridized carbons (Fsp3) is 0.900. The molecule has 0 aliphatic carbocycles. The molecule has 0 aromatic carbocycles. The number of halogens is 1. The zero-order valence-corrected chi connectivity index (χ0v) is 9.99. The lowest BCUT2D eigenvalue weighted by Crippen LogP contribution is -2.31. The van der Waals surface area contributed by atoms with Gasteiger partial charge in [-0.25, -0.2) is 0 Å². The smallest absolute Gasteiger partial charge is 0.226 e. The Kier molecular flexibility index (Phi) is 3.77. The van der Waals surface area contributed by atoms with Gasteiger partial charge in [0.1, 0.15) is 0 Å². The fourth-order valence-electron chi connectivity index (χ4n) is 2.12. The van der Waals surface area contributed by atoms with Crippen molar-refractivity contribution in [1.29, 1.82) is 0 Å². The predicted molar refractivity (Wildman–Crippen MR) is 58.0 cm³/mol. The normalized spacial score (nSPS) is 26.1. The zero-order chi connectivity index (χ0) is 9.90. The number of carbonyl (C=O) groups excluding carboxylic acids is 1. The lowest BCUT2D eigenvalue weighted by Gasteiger charge is -2.22. The highest BCUT2D eigenvalue weighted by atomic mass is 79.9. The maximum Gasteiger partial charge on any atom is 0.226 e. The van der Waals surface area contributed by atoms with E-state index in [1.165, 1.54) is 0 Å². The Labute approximate surface area is 88.6 Å². The van der Waals surface area contributed by atoms with E-state index in [0.29, 0.717) is 6.04 Å². The lowest BCUT2D eigenvalue weighted by molar-refractivity contribution is -0.128. The monoisotopic (exact) mass is 247 g/mol. The maximum atomic E-state index is 11.7. The first-order valence-corrected chi connectivity index (χ1v) is 6.17. The van der Waals surface area contributed by atoms with E-state index < -0.39 is 0 Å². The first-order chi connectivity index (χ1) is 6.18. The molecule has 1 heterocycles. The molecule has 1 amide bonds. The molecule has 3 heteroatoms. The van der Waals surface area contributed by atoms with Crippen LogP contribution < -0.4 is 5.32 Å². The second-order valence-electron chi connectivity index (χ2n) is 3.84. The van der Waals surface area contributed by atoms with Gasteiger partial charge >= 0.3 is 0 Å². The summed E-state index contributed by atoms with van der Waals surface area (Å²) in [7, 11) is 0. The van der Waals surface area contributed by atoms with Gasteiger partial charge in [0, 0.05) is 11.4 Å². The Bertz CT molecular complexity index is 189. The van der Waals surface area contributed by atoms with Crippen LogP contribution in [0.25, 0.3) is 0 Å². The Morgan fingerprint density at radius 3 is 2.54 bits per heavy atom. The van der Waals surface area contributed by atoms with Gasteiger partial charge in [-0.3, -0.25) is 4.79 Å². The van der Waals surface area contributed by atoms with Gasteiger partial charge in [0.25, 0.3) is 0 Å². The van der Waals surface area contributed by atoms with Crippen molar-refractivity contribution >= 4 is 21.8 Å². The summed E-state index contributed by atoms with van der Waals surface area (Å²) < 4.78 is 0. The summed E-state index contributed by atoms with van der Waals surface area (Å²) in [5.41, 5.74) is -0.0627. The first-order valence-electron chi connectivity index (χ1n) is 5.05. The molecule has 13 heavy (non-hydrogen) atoms. The van der Waals surface area contributed by atoms with E-state index in [9.17, 15) is 4.79 Å². The molecule has 0 unspecified atom stereocenters. The van der Waals surface area contributed by atoms with E-state index in [4.69, 9.17) is 0 Å². The van der Waals surface area contributed by atoms with Gasteiger partial charge in [-0.1, -0.05) is 29.8 Å². The molecular weight excluding hydrogens is 230 g/mol. The van der Waals surface area contributed by atoms with Crippen molar-refractivity contribution in [2.75, 3.05) is 5.33 Å². The van der Waals surface area contributed by atoms with E-state index in [-0.39, 0.29) is 11.3 Å². The van der Waals surface area contributed by atoms with Crippen LogP contribution in [0, 0.1) is 5.41 Å². The van der Waals surface area contributed by atoms with Crippen LogP contribution in [0.5, 0.6) is 0 Å². The Hall–Kier alpha value is -0.0500. The zero-order valence-electron chi connectivity index (χ0n) is 8.40. The third-order valence-corrected chi connectivity index (χ3v) is 3.72. The number of hydrogen-bond donors (Lipinski definition) is 1. The van der Waals surface area contributed by atoms with Crippen LogP contribution in [0.4, 0.5) is 0 Å². The summed E-state index contributed by atoms with van der Waals surface area (Å²) in [5, 5.41) is 4.05. The molecule has 1 fully saturated rings. The lowest BCUT2D eigenvalue weighted by atomic mass is 9.79. The minimum Gasteiger partial charge on any atom is -0.353 e. The van der Waals surface area contributed by atoms with Gasteiger partial charge < -0.3 is 5.32 Å². The van der Waals surface area contributed by atoms with Gasteiger partial charge in [-0.15, -0.1) is 0 Å². The standard InChI is InChI=1S/C10H18BrNO/c1-3-10(4-2)7-8(5-6-11)12-9(10)13/h8H,3-7H2,1-2H3,(H,12,13)/t8-/m0/s1. The van der Waals surface area contributed by atoms with Crippen molar-refractivity contribution in [2.45, 2.75) is 45.6 Å². The SMILES string of the molecule is CCC1(CC)C[C@H](CCBr)NC1=O. The van der Waals surface area contributed by atoms with Crippen LogP contribution in [0.3, 0.4) is 0 Å². The van der Waals surface area contributed by atoms with Crippen molar-refractivity contribution in [2.24, 2.45) is 5.41 Å². The molecule has 0 spiro atoms. The van der Waals surface area contributed by atoms with Crippen LogP contribution in [0.15, 0.2) is 0 Å². The molecule has 1 saturated heterocycles. The first kappa shape index (κ1) is 11.0. The predicted octanol–water partition coefficient (Wildman–Crippen LogP) is 2.47. The summed E-state index contributed by atoms with van der Waals surface area (Å²) in [6, 6.07) is 0.395. The van der Waals surface area contributed by atoms with E-state index in [2.05, 4.69) is 35.1 Å². The third kappa shape index (κ3) is 2.06. The molecule has 1 atom stereocenters. The largest absolute Gasteiger partial charge is 0.353 e. The average molecular weight is 248 g/mol. The van der Waals surface area contributed by atoms with Crippen molar-refractivity contribution in [3.05, 3.63) is 0 Å². The molecule has 1 aliphatic rings. The molecule has 2 nitrogen and oxygen atoms in total. The number of nitrogens with one attached hydrogen (secondary N) is 1. The van der Waals surface area contributed by atoms with Crippen LogP contribution in [0.2, 0.25) is 0 Å².